The molecule has 0 aliphatic heterocycles. The van der Waals surface area contributed by atoms with Crippen LogP contribution in [-0.2, 0) is 0 Å². The Morgan fingerprint density at radius 2 is 2.00 bits per heavy atom. The van der Waals surface area contributed by atoms with Crippen LogP contribution in [0.5, 0.6) is 0 Å². The average Bonchev–Trinajstić information content (AvgIpc) is 2.14. The molecule has 5 N–H and O–H groups in total. The molecule has 0 saturated carbocycles. The van der Waals surface area contributed by atoms with Crippen molar-refractivity contribution in [2.24, 2.45) is 0 Å². The molecule has 0 aliphatic carbocycles. The van der Waals surface area contributed by atoms with Crippen LogP contribution in [0.4, 0.5) is 11.5 Å². The number of aromatic amines is 1. The average molecular weight is 198 g/mol. The third kappa shape index (κ3) is 1.50. The molecule has 1 rings (SSSR count). The van der Waals surface area contributed by atoms with E-state index in [1.807, 2.05) is 6.92 Å². The second kappa shape index (κ2) is 3.57. The SMILES string of the molecule is CCC(C)n1c(=O)[nH]c(N)c(N)c1=O. The van der Waals surface area contributed by atoms with Crippen molar-refractivity contribution in [2.45, 2.75) is 26.3 Å². The van der Waals surface area contributed by atoms with E-state index >= 15 is 0 Å². The van der Waals surface area contributed by atoms with E-state index in [1.165, 1.54) is 0 Å². The number of nitrogens with zero attached hydrogens (tertiary/aromatic N) is 1. The number of nitrogen functional groups attached to an aromatic ring is 2. The van der Waals surface area contributed by atoms with Gasteiger partial charge >= 0.3 is 5.69 Å². The normalized spacial score (nSPS) is 12.7. The summed E-state index contributed by atoms with van der Waals surface area (Å²) in [6, 6.07) is -0.186. The molecule has 78 valence electrons. The standard InChI is InChI=1S/C8H14N4O2/c1-3-4(2)12-7(13)5(9)6(10)11-8(12)14/h4H,3,9-10H2,1-2H3,(H,11,14). The lowest BCUT2D eigenvalue weighted by atomic mass is 10.2. The van der Waals surface area contributed by atoms with Crippen molar-refractivity contribution in [1.82, 2.24) is 9.55 Å². The number of anilines is 2. The highest BCUT2D eigenvalue weighted by atomic mass is 16.2. The number of H-pyrrole nitrogens is 1. The van der Waals surface area contributed by atoms with Crippen molar-refractivity contribution in [3.05, 3.63) is 20.8 Å². The quantitative estimate of drug-likeness (QED) is 0.604. The first-order valence-electron chi connectivity index (χ1n) is 4.38. The summed E-state index contributed by atoms with van der Waals surface area (Å²) in [5.41, 5.74) is 9.60. The van der Waals surface area contributed by atoms with Gasteiger partial charge < -0.3 is 11.5 Å². The van der Waals surface area contributed by atoms with Crippen molar-refractivity contribution in [3.63, 3.8) is 0 Å². The van der Waals surface area contributed by atoms with Crippen LogP contribution < -0.4 is 22.7 Å². The highest BCUT2D eigenvalue weighted by Gasteiger charge is 2.12. The number of aromatic nitrogens is 2. The molecular weight excluding hydrogens is 184 g/mol. The maximum atomic E-state index is 11.5. The molecule has 0 radical (unpaired) electrons. The molecule has 1 aromatic heterocycles. The molecule has 14 heavy (non-hydrogen) atoms. The number of nitrogens with one attached hydrogen (secondary N) is 1. The zero-order valence-electron chi connectivity index (χ0n) is 8.20. The summed E-state index contributed by atoms with van der Waals surface area (Å²) in [5.74, 6) is -0.0699. The summed E-state index contributed by atoms with van der Waals surface area (Å²) in [6.45, 7) is 3.65. The monoisotopic (exact) mass is 198 g/mol. The van der Waals surface area contributed by atoms with Gasteiger partial charge in [-0.15, -0.1) is 0 Å². The van der Waals surface area contributed by atoms with E-state index in [9.17, 15) is 9.59 Å². The molecule has 1 atom stereocenters. The second-order valence-corrected chi connectivity index (χ2v) is 3.19. The fraction of sp³-hybridized carbons (Fsp3) is 0.500. The van der Waals surface area contributed by atoms with Gasteiger partial charge in [0.2, 0.25) is 0 Å². The van der Waals surface area contributed by atoms with E-state index in [1.54, 1.807) is 6.92 Å². The van der Waals surface area contributed by atoms with Crippen LogP contribution in [-0.4, -0.2) is 9.55 Å². The van der Waals surface area contributed by atoms with Crippen LogP contribution in [0, 0.1) is 0 Å². The molecule has 1 aromatic rings. The van der Waals surface area contributed by atoms with Crippen LogP contribution >= 0.6 is 0 Å². The molecule has 0 spiro atoms. The highest BCUT2D eigenvalue weighted by Crippen LogP contribution is 2.06. The van der Waals surface area contributed by atoms with Gasteiger partial charge in [-0.2, -0.15) is 0 Å². The van der Waals surface area contributed by atoms with Gasteiger partial charge in [0.1, 0.15) is 11.5 Å². The van der Waals surface area contributed by atoms with Gasteiger partial charge in [0.05, 0.1) is 0 Å². The summed E-state index contributed by atoms with van der Waals surface area (Å²) in [4.78, 5) is 25.3. The van der Waals surface area contributed by atoms with Gasteiger partial charge in [-0.05, 0) is 13.3 Å². The molecule has 0 saturated heterocycles. The number of hydrogen-bond donors (Lipinski definition) is 3. The Morgan fingerprint density at radius 1 is 1.43 bits per heavy atom. The van der Waals surface area contributed by atoms with Gasteiger partial charge in [-0.1, -0.05) is 6.92 Å². The first-order chi connectivity index (χ1) is 6.49. The fourth-order valence-corrected chi connectivity index (χ4v) is 1.16. The lowest BCUT2D eigenvalue weighted by Gasteiger charge is -2.12. The van der Waals surface area contributed by atoms with Crippen LogP contribution in [0.2, 0.25) is 0 Å². The molecule has 0 aliphatic rings. The third-order valence-electron chi connectivity index (χ3n) is 2.23. The van der Waals surface area contributed by atoms with Gasteiger partial charge in [0, 0.05) is 6.04 Å². The highest BCUT2D eigenvalue weighted by molar-refractivity contribution is 5.55. The summed E-state index contributed by atoms with van der Waals surface area (Å²) >= 11 is 0. The molecule has 0 bridgehead atoms. The fourth-order valence-electron chi connectivity index (χ4n) is 1.16. The van der Waals surface area contributed by atoms with Crippen molar-refractivity contribution >= 4 is 11.5 Å². The molecule has 0 amide bonds. The van der Waals surface area contributed by atoms with Crippen molar-refractivity contribution in [1.29, 1.82) is 0 Å². The van der Waals surface area contributed by atoms with E-state index in [0.717, 1.165) is 4.57 Å². The lowest BCUT2D eigenvalue weighted by molar-refractivity contribution is 0.492. The first-order valence-corrected chi connectivity index (χ1v) is 4.38. The Hall–Kier alpha value is -1.72. The predicted octanol–water partition coefficient (Wildman–Crippen LogP) is -0.328. The van der Waals surface area contributed by atoms with E-state index in [2.05, 4.69) is 4.98 Å². The van der Waals surface area contributed by atoms with Gasteiger partial charge in [0.25, 0.3) is 5.56 Å². The van der Waals surface area contributed by atoms with E-state index in [4.69, 9.17) is 11.5 Å². The summed E-state index contributed by atoms with van der Waals surface area (Å²) in [6.07, 6.45) is 0.673. The van der Waals surface area contributed by atoms with Gasteiger partial charge in [0.15, 0.2) is 0 Å². The van der Waals surface area contributed by atoms with Gasteiger partial charge in [-0.3, -0.25) is 14.3 Å². The topological polar surface area (TPSA) is 107 Å². The largest absolute Gasteiger partial charge is 0.391 e. The number of hydrogen-bond acceptors (Lipinski definition) is 4. The van der Waals surface area contributed by atoms with Crippen LogP contribution in [0.15, 0.2) is 9.59 Å². The Morgan fingerprint density at radius 3 is 2.50 bits per heavy atom. The van der Waals surface area contributed by atoms with Crippen LogP contribution in [0.25, 0.3) is 0 Å². The van der Waals surface area contributed by atoms with E-state index in [-0.39, 0.29) is 17.5 Å². The van der Waals surface area contributed by atoms with Crippen molar-refractivity contribution < 1.29 is 0 Å². The zero-order valence-corrected chi connectivity index (χ0v) is 8.20. The lowest BCUT2D eigenvalue weighted by Crippen LogP contribution is -2.39. The molecule has 1 unspecified atom stereocenters. The molecule has 6 heteroatoms. The summed E-state index contributed by atoms with van der Waals surface area (Å²) in [5, 5.41) is 0. The maximum absolute atomic E-state index is 11.5. The molecule has 6 nitrogen and oxygen atoms in total. The zero-order chi connectivity index (χ0) is 10.9. The maximum Gasteiger partial charge on any atom is 0.330 e. The first kappa shape index (κ1) is 10.4. The van der Waals surface area contributed by atoms with Crippen LogP contribution in [0.1, 0.15) is 26.3 Å². The minimum absolute atomic E-state index is 0.0699. The predicted molar refractivity (Wildman–Crippen MR) is 55.1 cm³/mol. The molecule has 0 fully saturated rings. The Kier molecular flexibility index (Phi) is 2.64. The number of rotatable bonds is 2. The van der Waals surface area contributed by atoms with Crippen molar-refractivity contribution in [2.75, 3.05) is 11.5 Å². The minimum atomic E-state index is -0.527. The van der Waals surface area contributed by atoms with E-state index < -0.39 is 11.2 Å². The Balaban J connectivity index is 3.53. The summed E-state index contributed by atoms with van der Waals surface area (Å²) < 4.78 is 1.08. The van der Waals surface area contributed by atoms with Crippen LogP contribution in [0.3, 0.4) is 0 Å². The van der Waals surface area contributed by atoms with Gasteiger partial charge in [-0.25, -0.2) is 4.79 Å². The molecule has 0 aromatic carbocycles. The molecule has 1 heterocycles. The van der Waals surface area contributed by atoms with E-state index in [0.29, 0.717) is 6.42 Å². The Bertz CT molecular complexity index is 446. The van der Waals surface area contributed by atoms with Crippen molar-refractivity contribution in [3.8, 4) is 0 Å². The molecular formula is C8H14N4O2. The number of nitrogens with two attached hydrogens (primary N) is 2. The third-order valence-corrected chi connectivity index (χ3v) is 2.23. The Labute approximate surface area is 80.5 Å². The second-order valence-electron chi connectivity index (χ2n) is 3.19. The smallest absolute Gasteiger partial charge is 0.330 e. The minimum Gasteiger partial charge on any atom is -0.391 e. The summed E-state index contributed by atoms with van der Waals surface area (Å²) in [7, 11) is 0.